The van der Waals surface area contributed by atoms with Gasteiger partial charge in [0.25, 0.3) is 5.91 Å². The standard InChI is InChI=1S/C17H18F2N2O4S/c1-11(17(22)20-12-4-9-15(18)16(19)10-12)25-14-7-5-13(6-8-14)21(2)26(3,23)24/h4-11H,1-3H3,(H,20,22)/t11-/m1/s1. The van der Waals surface area contributed by atoms with Crippen LogP contribution in [0, 0.1) is 11.6 Å². The molecule has 2 aromatic rings. The number of halogens is 2. The highest BCUT2D eigenvalue weighted by molar-refractivity contribution is 7.92. The molecule has 140 valence electrons. The number of sulfonamides is 1. The topological polar surface area (TPSA) is 75.7 Å². The van der Waals surface area contributed by atoms with Gasteiger partial charge < -0.3 is 10.1 Å². The molecule has 2 rings (SSSR count). The Balaban J connectivity index is 2.01. The summed E-state index contributed by atoms with van der Waals surface area (Å²) in [4.78, 5) is 12.1. The molecule has 1 amide bonds. The Morgan fingerprint density at radius 3 is 2.27 bits per heavy atom. The third-order valence-corrected chi connectivity index (χ3v) is 4.77. The Morgan fingerprint density at radius 1 is 1.12 bits per heavy atom. The van der Waals surface area contributed by atoms with E-state index in [0.717, 1.165) is 22.7 Å². The second kappa shape index (κ2) is 7.69. The Morgan fingerprint density at radius 2 is 1.73 bits per heavy atom. The van der Waals surface area contributed by atoms with Crippen LogP contribution in [0.25, 0.3) is 0 Å². The molecule has 2 aromatic carbocycles. The Hall–Kier alpha value is -2.68. The van der Waals surface area contributed by atoms with E-state index in [4.69, 9.17) is 4.74 Å². The van der Waals surface area contributed by atoms with Crippen molar-refractivity contribution in [1.82, 2.24) is 0 Å². The van der Waals surface area contributed by atoms with Gasteiger partial charge in [0, 0.05) is 18.8 Å². The number of hydrogen-bond donors (Lipinski definition) is 1. The van der Waals surface area contributed by atoms with Gasteiger partial charge in [-0.05, 0) is 43.3 Å². The third-order valence-electron chi connectivity index (χ3n) is 3.57. The van der Waals surface area contributed by atoms with Crippen LogP contribution in [0.3, 0.4) is 0 Å². The van der Waals surface area contributed by atoms with Crippen molar-refractivity contribution in [2.24, 2.45) is 0 Å². The molecule has 6 nitrogen and oxygen atoms in total. The molecule has 9 heteroatoms. The second-order valence-electron chi connectivity index (χ2n) is 5.60. The number of ether oxygens (including phenoxy) is 1. The Bertz CT molecular complexity index is 901. The van der Waals surface area contributed by atoms with Gasteiger partial charge in [0.1, 0.15) is 5.75 Å². The van der Waals surface area contributed by atoms with Gasteiger partial charge in [-0.3, -0.25) is 9.10 Å². The first-order valence-corrected chi connectivity index (χ1v) is 9.39. The fraction of sp³-hybridized carbons (Fsp3) is 0.235. The molecule has 0 aliphatic heterocycles. The summed E-state index contributed by atoms with van der Waals surface area (Å²) >= 11 is 0. The van der Waals surface area contributed by atoms with Gasteiger partial charge >= 0.3 is 0 Å². The number of carbonyl (C=O) groups is 1. The van der Waals surface area contributed by atoms with Crippen molar-refractivity contribution in [1.29, 1.82) is 0 Å². The summed E-state index contributed by atoms with van der Waals surface area (Å²) < 4.78 is 55.6. The molecular formula is C17H18F2N2O4S. The molecule has 0 heterocycles. The minimum absolute atomic E-state index is 0.106. The van der Waals surface area contributed by atoms with E-state index in [0.29, 0.717) is 11.4 Å². The maximum atomic E-state index is 13.2. The number of amides is 1. The Kier molecular flexibility index (Phi) is 5.81. The molecule has 0 aliphatic carbocycles. The number of carbonyl (C=O) groups excluding carboxylic acids is 1. The number of benzene rings is 2. The predicted octanol–water partition coefficient (Wildman–Crippen LogP) is 2.77. The van der Waals surface area contributed by atoms with Crippen molar-refractivity contribution < 1.29 is 26.7 Å². The summed E-state index contributed by atoms with van der Waals surface area (Å²) in [5.41, 5.74) is 0.549. The van der Waals surface area contributed by atoms with E-state index >= 15 is 0 Å². The number of rotatable bonds is 6. The van der Waals surface area contributed by atoms with Crippen molar-refractivity contribution in [3.8, 4) is 5.75 Å². The average molecular weight is 384 g/mol. The SMILES string of the molecule is C[C@@H](Oc1ccc(N(C)S(C)(=O)=O)cc1)C(=O)Nc1ccc(F)c(F)c1. The van der Waals surface area contributed by atoms with Crippen LogP contribution in [-0.2, 0) is 14.8 Å². The maximum absolute atomic E-state index is 13.2. The lowest BCUT2D eigenvalue weighted by Gasteiger charge is -2.18. The van der Waals surface area contributed by atoms with Crippen molar-refractivity contribution in [3.63, 3.8) is 0 Å². The van der Waals surface area contributed by atoms with Crippen molar-refractivity contribution in [3.05, 3.63) is 54.1 Å². The molecule has 0 aromatic heterocycles. The van der Waals surface area contributed by atoms with Gasteiger partial charge in [0.2, 0.25) is 10.0 Å². The van der Waals surface area contributed by atoms with Crippen LogP contribution in [0.15, 0.2) is 42.5 Å². The fourth-order valence-corrected chi connectivity index (χ4v) is 2.51. The van der Waals surface area contributed by atoms with E-state index < -0.39 is 33.7 Å². The lowest BCUT2D eigenvalue weighted by Crippen LogP contribution is -2.30. The summed E-state index contributed by atoms with van der Waals surface area (Å²) in [6.07, 6.45) is 0.170. The first kappa shape index (κ1) is 19.6. The summed E-state index contributed by atoms with van der Waals surface area (Å²) in [5.74, 6) is -2.27. The monoisotopic (exact) mass is 384 g/mol. The molecule has 1 N–H and O–H groups in total. The summed E-state index contributed by atoms with van der Waals surface area (Å²) in [7, 11) is -1.96. The first-order chi connectivity index (χ1) is 12.1. The van der Waals surface area contributed by atoms with Crippen molar-refractivity contribution in [2.45, 2.75) is 13.0 Å². The smallest absolute Gasteiger partial charge is 0.265 e. The third kappa shape index (κ3) is 4.92. The summed E-state index contributed by atoms with van der Waals surface area (Å²) in [5, 5.41) is 2.42. The zero-order chi connectivity index (χ0) is 19.5. The van der Waals surface area contributed by atoms with Crippen LogP contribution in [0.1, 0.15) is 6.92 Å². The molecule has 0 aliphatic rings. The van der Waals surface area contributed by atoms with Crippen molar-refractivity contribution in [2.75, 3.05) is 22.9 Å². The molecule has 0 fully saturated rings. The number of anilines is 2. The largest absolute Gasteiger partial charge is 0.481 e. The fourth-order valence-electron chi connectivity index (χ4n) is 2.00. The van der Waals surface area contributed by atoms with Crippen molar-refractivity contribution >= 4 is 27.3 Å². The van der Waals surface area contributed by atoms with E-state index in [2.05, 4.69) is 5.32 Å². The van der Waals surface area contributed by atoms with E-state index in [-0.39, 0.29) is 5.69 Å². The Labute approximate surface area is 150 Å². The lowest BCUT2D eigenvalue weighted by atomic mass is 10.2. The highest BCUT2D eigenvalue weighted by Gasteiger charge is 2.17. The normalized spacial score (nSPS) is 12.3. The first-order valence-electron chi connectivity index (χ1n) is 7.54. The van der Waals surface area contributed by atoms with Crippen LogP contribution in [0.2, 0.25) is 0 Å². The molecular weight excluding hydrogens is 366 g/mol. The second-order valence-corrected chi connectivity index (χ2v) is 7.62. The molecule has 0 unspecified atom stereocenters. The molecule has 0 radical (unpaired) electrons. The van der Waals surface area contributed by atoms with Gasteiger partial charge in [-0.25, -0.2) is 17.2 Å². The molecule has 0 spiro atoms. The molecule has 0 saturated heterocycles. The highest BCUT2D eigenvalue weighted by atomic mass is 32.2. The molecule has 1 atom stereocenters. The average Bonchev–Trinajstić information content (AvgIpc) is 2.57. The number of hydrogen-bond acceptors (Lipinski definition) is 4. The van der Waals surface area contributed by atoms with E-state index in [1.165, 1.54) is 44.3 Å². The summed E-state index contributed by atoms with van der Waals surface area (Å²) in [6, 6.07) is 9.14. The number of nitrogens with zero attached hydrogens (tertiary/aromatic N) is 1. The summed E-state index contributed by atoms with van der Waals surface area (Å²) in [6.45, 7) is 1.49. The van der Waals surface area contributed by atoms with Gasteiger partial charge in [0.05, 0.1) is 11.9 Å². The van der Waals surface area contributed by atoms with E-state index in [1.54, 1.807) is 0 Å². The zero-order valence-electron chi connectivity index (χ0n) is 14.4. The zero-order valence-corrected chi connectivity index (χ0v) is 15.2. The van der Waals surface area contributed by atoms with Crippen LogP contribution in [0.4, 0.5) is 20.2 Å². The molecule has 0 bridgehead atoms. The van der Waals surface area contributed by atoms with Gasteiger partial charge in [-0.1, -0.05) is 0 Å². The van der Waals surface area contributed by atoms with Gasteiger partial charge in [-0.15, -0.1) is 0 Å². The van der Waals surface area contributed by atoms with Gasteiger partial charge in [-0.2, -0.15) is 0 Å². The lowest BCUT2D eigenvalue weighted by molar-refractivity contribution is -0.122. The maximum Gasteiger partial charge on any atom is 0.265 e. The minimum atomic E-state index is -3.38. The van der Waals surface area contributed by atoms with Gasteiger partial charge in [0.15, 0.2) is 17.7 Å². The minimum Gasteiger partial charge on any atom is -0.481 e. The van der Waals surface area contributed by atoms with Crippen LogP contribution < -0.4 is 14.4 Å². The van der Waals surface area contributed by atoms with E-state index in [1.807, 2.05) is 0 Å². The van der Waals surface area contributed by atoms with Crippen LogP contribution in [0.5, 0.6) is 5.75 Å². The van der Waals surface area contributed by atoms with Crippen LogP contribution in [-0.4, -0.2) is 33.7 Å². The molecule has 26 heavy (non-hydrogen) atoms. The number of nitrogens with one attached hydrogen (secondary N) is 1. The van der Waals surface area contributed by atoms with E-state index in [9.17, 15) is 22.0 Å². The molecule has 0 saturated carbocycles. The van der Waals surface area contributed by atoms with Crippen LogP contribution >= 0.6 is 0 Å². The highest BCUT2D eigenvalue weighted by Crippen LogP contribution is 2.21. The predicted molar refractivity (Wildman–Crippen MR) is 94.8 cm³/mol. The quantitative estimate of drug-likeness (QED) is 0.831.